The lowest BCUT2D eigenvalue weighted by atomic mass is 9.80. The van der Waals surface area contributed by atoms with Gasteiger partial charge in [-0.2, -0.15) is 0 Å². The highest BCUT2D eigenvalue weighted by Crippen LogP contribution is 2.42. The SMILES string of the molecule is CCc1ccc(-c2sc(CCOC(c3ccccc3)(c3ccccc3)c3ccccc3)c(Br)c2C)cc1. The predicted molar refractivity (Wildman–Crippen MR) is 160 cm³/mol. The number of halogens is 1. The molecule has 0 spiro atoms. The van der Waals surface area contributed by atoms with Gasteiger partial charge in [0.25, 0.3) is 0 Å². The zero-order valence-corrected chi connectivity index (χ0v) is 23.7. The van der Waals surface area contributed by atoms with Crippen LogP contribution in [0.25, 0.3) is 10.4 Å². The molecule has 4 aromatic carbocycles. The van der Waals surface area contributed by atoms with E-state index in [2.05, 4.69) is 145 Å². The van der Waals surface area contributed by atoms with Gasteiger partial charge in [0.2, 0.25) is 0 Å². The van der Waals surface area contributed by atoms with E-state index in [-0.39, 0.29) is 0 Å². The molecule has 0 radical (unpaired) electrons. The lowest BCUT2D eigenvalue weighted by Gasteiger charge is -2.36. The van der Waals surface area contributed by atoms with Crippen LogP contribution in [-0.4, -0.2) is 6.61 Å². The van der Waals surface area contributed by atoms with Crippen molar-refractivity contribution in [3.8, 4) is 10.4 Å². The first kappa shape index (κ1) is 25.7. The molecular formula is C34H31BrOS. The fourth-order valence-corrected chi connectivity index (χ4v) is 6.90. The summed E-state index contributed by atoms with van der Waals surface area (Å²) in [5, 5.41) is 0. The van der Waals surface area contributed by atoms with E-state index in [1.165, 1.54) is 30.9 Å². The third kappa shape index (κ3) is 5.22. The Morgan fingerprint density at radius 3 is 1.65 bits per heavy atom. The monoisotopic (exact) mass is 566 g/mol. The average Bonchev–Trinajstić information content (AvgIpc) is 3.25. The maximum atomic E-state index is 7.02. The summed E-state index contributed by atoms with van der Waals surface area (Å²) in [5.41, 5.74) is 6.64. The molecule has 0 amide bonds. The highest BCUT2D eigenvalue weighted by molar-refractivity contribution is 9.10. The Hall–Kier alpha value is -2.98. The molecular weight excluding hydrogens is 536 g/mol. The highest BCUT2D eigenvalue weighted by Gasteiger charge is 2.37. The highest BCUT2D eigenvalue weighted by atomic mass is 79.9. The Bertz CT molecular complexity index is 1330. The molecule has 1 nitrogen and oxygen atoms in total. The van der Waals surface area contributed by atoms with Crippen molar-refractivity contribution in [2.75, 3.05) is 6.61 Å². The molecule has 0 unspecified atom stereocenters. The lowest BCUT2D eigenvalue weighted by molar-refractivity contribution is 0.0150. The Morgan fingerprint density at radius 2 is 1.19 bits per heavy atom. The summed E-state index contributed by atoms with van der Waals surface area (Å²) in [6.07, 6.45) is 1.88. The van der Waals surface area contributed by atoms with Crippen molar-refractivity contribution in [3.63, 3.8) is 0 Å². The van der Waals surface area contributed by atoms with Crippen LogP contribution in [0, 0.1) is 6.92 Å². The van der Waals surface area contributed by atoms with E-state index < -0.39 is 5.60 Å². The third-order valence-corrected chi connectivity index (χ3v) is 9.69. The van der Waals surface area contributed by atoms with Crippen LogP contribution >= 0.6 is 27.3 Å². The van der Waals surface area contributed by atoms with E-state index >= 15 is 0 Å². The van der Waals surface area contributed by atoms with Crippen LogP contribution in [0.5, 0.6) is 0 Å². The first-order valence-corrected chi connectivity index (χ1v) is 14.4. The molecule has 0 saturated heterocycles. The molecule has 0 atom stereocenters. The zero-order valence-electron chi connectivity index (χ0n) is 21.3. The normalized spacial score (nSPS) is 11.5. The van der Waals surface area contributed by atoms with E-state index in [0.29, 0.717) is 6.61 Å². The number of hydrogen-bond acceptors (Lipinski definition) is 2. The van der Waals surface area contributed by atoms with Gasteiger partial charge in [-0.15, -0.1) is 11.3 Å². The molecule has 186 valence electrons. The topological polar surface area (TPSA) is 9.23 Å². The van der Waals surface area contributed by atoms with Crippen molar-refractivity contribution in [1.29, 1.82) is 0 Å². The molecule has 0 bridgehead atoms. The minimum Gasteiger partial charge on any atom is -0.360 e. The number of aryl methyl sites for hydroxylation is 1. The van der Waals surface area contributed by atoms with Crippen molar-refractivity contribution in [2.45, 2.75) is 32.3 Å². The van der Waals surface area contributed by atoms with Crippen molar-refractivity contribution in [1.82, 2.24) is 0 Å². The van der Waals surface area contributed by atoms with Crippen LogP contribution in [0.4, 0.5) is 0 Å². The van der Waals surface area contributed by atoms with Gasteiger partial charge in [0.15, 0.2) is 0 Å². The van der Waals surface area contributed by atoms with Gasteiger partial charge in [0.05, 0.1) is 6.61 Å². The molecule has 1 heterocycles. The number of hydrogen-bond donors (Lipinski definition) is 0. The standard InChI is InChI=1S/C34H31BrOS/c1-3-26-19-21-27(22-20-26)33-25(2)32(35)31(37-33)23-24-36-34(28-13-7-4-8-14-28,29-15-9-5-10-16-29)30-17-11-6-12-18-30/h4-22H,3,23-24H2,1-2H3. The van der Waals surface area contributed by atoms with Crippen molar-refractivity contribution < 1.29 is 4.74 Å². The molecule has 0 aliphatic heterocycles. The van der Waals surface area contributed by atoms with Crippen LogP contribution < -0.4 is 0 Å². The zero-order chi connectivity index (χ0) is 25.7. The van der Waals surface area contributed by atoms with Gasteiger partial charge in [-0.25, -0.2) is 0 Å². The van der Waals surface area contributed by atoms with Gasteiger partial charge in [0.1, 0.15) is 5.60 Å². The lowest BCUT2D eigenvalue weighted by Crippen LogP contribution is -2.33. The van der Waals surface area contributed by atoms with Crippen LogP contribution in [0.2, 0.25) is 0 Å². The van der Waals surface area contributed by atoms with Crippen molar-refractivity contribution >= 4 is 27.3 Å². The molecule has 0 N–H and O–H groups in total. The second-order valence-corrected chi connectivity index (χ2v) is 11.1. The smallest absolute Gasteiger partial charge is 0.143 e. The maximum Gasteiger partial charge on any atom is 0.143 e. The Balaban J connectivity index is 1.49. The largest absolute Gasteiger partial charge is 0.360 e. The summed E-state index contributed by atoms with van der Waals surface area (Å²) in [4.78, 5) is 2.64. The Labute approximate surface area is 232 Å². The fraction of sp³-hybridized carbons (Fsp3) is 0.176. The number of thiophene rings is 1. The minimum atomic E-state index is -0.693. The Kier molecular flexibility index (Phi) is 8.05. The number of benzene rings is 4. The molecule has 37 heavy (non-hydrogen) atoms. The van der Waals surface area contributed by atoms with Crippen molar-refractivity contribution in [2.24, 2.45) is 0 Å². The van der Waals surface area contributed by atoms with E-state index in [9.17, 15) is 0 Å². The average molecular weight is 568 g/mol. The molecule has 3 heteroatoms. The van der Waals surface area contributed by atoms with Gasteiger partial charge >= 0.3 is 0 Å². The summed E-state index contributed by atoms with van der Waals surface area (Å²) >= 11 is 5.76. The van der Waals surface area contributed by atoms with Crippen molar-refractivity contribution in [3.05, 3.63) is 152 Å². The first-order chi connectivity index (χ1) is 18.1. The predicted octanol–water partition coefficient (Wildman–Crippen LogP) is 9.60. The van der Waals surface area contributed by atoms with E-state index in [0.717, 1.165) is 29.5 Å². The molecule has 0 fully saturated rings. The number of rotatable bonds is 9. The van der Waals surface area contributed by atoms with Crippen LogP contribution in [0.15, 0.2) is 120 Å². The van der Waals surface area contributed by atoms with Gasteiger partial charge in [0, 0.05) is 20.6 Å². The Morgan fingerprint density at radius 1 is 0.703 bits per heavy atom. The molecule has 0 aliphatic carbocycles. The van der Waals surface area contributed by atoms with Gasteiger partial charge < -0.3 is 4.74 Å². The summed E-state index contributed by atoms with van der Waals surface area (Å²) in [5.74, 6) is 0. The molecule has 5 rings (SSSR count). The molecule has 1 aromatic heterocycles. The summed E-state index contributed by atoms with van der Waals surface area (Å²) in [7, 11) is 0. The second-order valence-electron chi connectivity index (χ2n) is 9.22. The summed E-state index contributed by atoms with van der Waals surface area (Å²) < 4.78 is 8.21. The van der Waals surface area contributed by atoms with E-state index in [4.69, 9.17) is 4.74 Å². The van der Waals surface area contributed by atoms with Gasteiger partial charge in [-0.3, -0.25) is 0 Å². The van der Waals surface area contributed by atoms with Gasteiger partial charge in [-0.05, 0) is 62.7 Å². The summed E-state index contributed by atoms with van der Waals surface area (Å²) in [6.45, 7) is 4.99. The summed E-state index contributed by atoms with van der Waals surface area (Å²) in [6, 6.07) is 40.7. The first-order valence-electron chi connectivity index (χ1n) is 12.8. The third-order valence-electron chi connectivity index (χ3n) is 6.95. The van der Waals surface area contributed by atoms with Crippen LogP contribution in [-0.2, 0) is 23.2 Å². The fourth-order valence-electron chi connectivity index (χ4n) is 4.95. The minimum absolute atomic E-state index is 0.589. The van der Waals surface area contributed by atoms with E-state index in [1.807, 2.05) is 11.3 Å². The molecule has 0 aliphatic rings. The quantitative estimate of drug-likeness (QED) is 0.161. The second kappa shape index (κ2) is 11.6. The maximum absolute atomic E-state index is 7.02. The van der Waals surface area contributed by atoms with Crippen LogP contribution in [0.3, 0.4) is 0 Å². The van der Waals surface area contributed by atoms with Crippen LogP contribution in [0.1, 0.15) is 39.6 Å². The molecule has 5 aromatic rings. The molecule has 0 saturated carbocycles. The van der Waals surface area contributed by atoms with E-state index in [1.54, 1.807) is 0 Å². The number of ether oxygens (including phenoxy) is 1. The van der Waals surface area contributed by atoms with Gasteiger partial charge in [-0.1, -0.05) is 122 Å².